The van der Waals surface area contributed by atoms with Crippen molar-refractivity contribution in [3.05, 3.63) is 92.7 Å². The number of hydrogen-bond donors (Lipinski definition) is 1. The summed E-state index contributed by atoms with van der Waals surface area (Å²) in [5.41, 5.74) is 5.17. The quantitative estimate of drug-likeness (QED) is 0.732. The first-order valence-electron chi connectivity index (χ1n) is 9.43. The molecule has 0 unspecified atom stereocenters. The average Bonchev–Trinajstić information content (AvgIpc) is 2.68. The molecule has 1 amide bonds. The summed E-state index contributed by atoms with van der Waals surface area (Å²) >= 11 is 0. The number of carbonyl (C=O) groups excluding carboxylic acids is 1. The summed E-state index contributed by atoms with van der Waals surface area (Å²) in [4.78, 5) is 30.1. The molecule has 0 spiro atoms. The highest BCUT2D eigenvalue weighted by atomic mass is 16.2. The fourth-order valence-corrected chi connectivity index (χ4v) is 3.39. The molecule has 0 fully saturated rings. The summed E-state index contributed by atoms with van der Waals surface area (Å²) in [7, 11) is 0. The molecule has 28 heavy (non-hydrogen) atoms. The molecule has 5 heteroatoms. The number of nitrogens with zero attached hydrogens (tertiary/aromatic N) is 2. The predicted molar refractivity (Wildman–Crippen MR) is 112 cm³/mol. The fraction of sp³-hybridized carbons (Fsp3) is 0.261. The van der Waals surface area contributed by atoms with Crippen LogP contribution in [-0.4, -0.2) is 15.5 Å². The molecule has 3 aromatic rings. The van der Waals surface area contributed by atoms with E-state index in [9.17, 15) is 9.59 Å². The van der Waals surface area contributed by atoms with Crippen LogP contribution in [0, 0.1) is 20.8 Å². The lowest BCUT2D eigenvalue weighted by Gasteiger charge is -2.19. The van der Waals surface area contributed by atoms with Crippen molar-refractivity contribution in [3.8, 4) is 0 Å². The molecule has 0 radical (unpaired) electrons. The molecule has 1 aromatic carbocycles. The van der Waals surface area contributed by atoms with Gasteiger partial charge < -0.3 is 9.88 Å². The van der Waals surface area contributed by atoms with E-state index in [4.69, 9.17) is 0 Å². The Labute approximate surface area is 165 Å². The molecule has 0 aliphatic heterocycles. The third-order valence-electron chi connectivity index (χ3n) is 5.09. The van der Waals surface area contributed by atoms with Gasteiger partial charge in [-0.2, -0.15) is 0 Å². The summed E-state index contributed by atoms with van der Waals surface area (Å²) in [5.74, 6) is -0.370. The number of rotatable bonds is 5. The van der Waals surface area contributed by atoms with E-state index < -0.39 is 0 Å². The van der Waals surface area contributed by atoms with Crippen molar-refractivity contribution in [3.63, 3.8) is 0 Å². The van der Waals surface area contributed by atoms with Gasteiger partial charge in [0.2, 0.25) is 0 Å². The van der Waals surface area contributed by atoms with Crippen LogP contribution in [0.25, 0.3) is 0 Å². The molecule has 0 aliphatic rings. The molecule has 0 aliphatic carbocycles. The number of nitrogens with one attached hydrogen (secondary N) is 1. The smallest absolute Gasteiger partial charge is 0.261 e. The predicted octanol–water partition coefficient (Wildman–Crippen LogP) is 4.03. The third kappa shape index (κ3) is 3.88. The lowest BCUT2D eigenvalue weighted by atomic mass is 10.1. The number of carbonyl (C=O) groups is 1. The van der Waals surface area contributed by atoms with E-state index in [0.29, 0.717) is 13.0 Å². The normalized spacial score (nSPS) is 10.7. The lowest BCUT2D eigenvalue weighted by molar-refractivity contribution is 0.102. The molecule has 2 heterocycles. The zero-order valence-corrected chi connectivity index (χ0v) is 16.7. The fourth-order valence-electron chi connectivity index (χ4n) is 3.39. The molecule has 2 aromatic heterocycles. The molecule has 1 N–H and O–H groups in total. The van der Waals surface area contributed by atoms with E-state index in [1.807, 2.05) is 68.7 Å². The molecule has 0 saturated carbocycles. The lowest BCUT2D eigenvalue weighted by Crippen LogP contribution is -2.28. The van der Waals surface area contributed by atoms with Gasteiger partial charge in [0.1, 0.15) is 5.56 Å². The monoisotopic (exact) mass is 375 g/mol. The highest BCUT2D eigenvalue weighted by Gasteiger charge is 2.20. The van der Waals surface area contributed by atoms with Crippen molar-refractivity contribution in [2.24, 2.45) is 0 Å². The second kappa shape index (κ2) is 8.21. The van der Waals surface area contributed by atoms with Crippen LogP contribution in [0.15, 0.2) is 53.5 Å². The minimum absolute atomic E-state index is 0.199. The zero-order valence-electron chi connectivity index (χ0n) is 16.7. The van der Waals surface area contributed by atoms with Gasteiger partial charge in [-0.05, 0) is 56.5 Å². The van der Waals surface area contributed by atoms with Crippen LogP contribution < -0.4 is 10.7 Å². The van der Waals surface area contributed by atoms with Crippen molar-refractivity contribution in [1.82, 2.24) is 9.55 Å². The summed E-state index contributed by atoms with van der Waals surface area (Å²) in [6.45, 7) is 8.31. The maximum atomic E-state index is 13.1. The Balaban J connectivity index is 2.05. The summed E-state index contributed by atoms with van der Waals surface area (Å²) in [5, 5.41) is 2.93. The van der Waals surface area contributed by atoms with Crippen LogP contribution in [0.5, 0.6) is 0 Å². The molecular formula is C23H25N3O2. The topological polar surface area (TPSA) is 64.0 Å². The number of hydrogen-bond acceptors (Lipinski definition) is 3. The van der Waals surface area contributed by atoms with E-state index in [1.54, 1.807) is 6.20 Å². The van der Waals surface area contributed by atoms with E-state index in [0.717, 1.165) is 33.9 Å². The Morgan fingerprint density at radius 1 is 1.11 bits per heavy atom. The number of aromatic nitrogens is 2. The van der Waals surface area contributed by atoms with Crippen molar-refractivity contribution in [1.29, 1.82) is 0 Å². The molecule has 3 rings (SSSR count). The Morgan fingerprint density at radius 3 is 2.57 bits per heavy atom. The minimum atomic E-state index is -0.370. The van der Waals surface area contributed by atoms with Crippen LogP contribution in [-0.2, 0) is 13.0 Å². The Kier molecular flexibility index (Phi) is 5.73. The largest absolute Gasteiger partial charge is 0.342 e. The van der Waals surface area contributed by atoms with Gasteiger partial charge in [-0.1, -0.05) is 25.1 Å². The first kappa shape index (κ1) is 19.5. The van der Waals surface area contributed by atoms with Gasteiger partial charge in [0.05, 0.1) is 12.2 Å². The van der Waals surface area contributed by atoms with Crippen molar-refractivity contribution in [2.75, 3.05) is 5.32 Å². The summed E-state index contributed by atoms with van der Waals surface area (Å²) in [6.07, 6.45) is 2.31. The van der Waals surface area contributed by atoms with Crippen LogP contribution in [0.3, 0.4) is 0 Å². The Bertz CT molecular complexity index is 1070. The molecule has 0 atom stereocenters. The van der Waals surface area contributed by atoms with Crippen molar-refractivity contribution >= 4 is 11.6 Å². The van der Waals surface area contributed by atoms with E-state index >= 15 is 0 Å². The molecule has 0 saturated heterocycles. The number of aryl methyl sites for hydroxylation is 2. The Hall–Kier alpha value is -3.21. The molecular weight excluding hydrogens is 350 g/mol. The van der Waals surface area contributed by atoms with Gasteiger partial charge in [0.15, 0.2) is 5.43 Å². The summed E-state index contributed by atoms with van der Waals surface area (Å²) in [6, 6.07) is 13.0. The number of pyridine rings is 2. The summed E-state index contributed by atoms with van der Waals surface area (Å²) < 4.78 is 2.00. The number of amides is 1. The second-order valence-corrected chi connectivity index (χ2v) is 6.93. The minimum Gasteiger partial charge on any atom is -0.342 e. The van der Waals surface area contributed by atoms with Gasteiger partial charge in [-0.15, -0.1) is 0 Å². The van der Waals surface area contributed by atoms with E-state index in [2.05, 4.69) is 10.3 Å². The van der Waals surface area contributed by atoms with Crippen LogP contribution in [0.4, 0.5) is 5.69 Å². The van der Waals surface area contributed by atoms with Gasteiger partial charge in [-0.3, -0.25) is 14.6 Å². The van der Waals surface area contributed by atoms with Crippen LogP contribution in [0.1, 0.15) is 45.5 Å². The average molecular weight is 375 g/mol. The SMILES string of the molecule is CCc1c(C(=O)Nc2cccc(C)c2C)c(=O)cc(C)n1Cc1ccccn1. The van der Waals surface area contributed by atoms with E-state index in [-0.39, 0.29) is 16.9 Å². The van der Waals surface area contributed by atoms with Crippen molar-refractivity contribution < 1.29 is 4.79 Å². The maximum Gasteiger partial charge on any atom is 0.261 e. The second-order valence-electron chi connectivity index (χ2n) is 6.93. The molecule has 0 bridgehead atoms. The van der Waals surface area contributed by atoms with Crippen molar-refractivity contribution in [2.45, 2.75) is 40.7 Å². The van der Waals surface area contributed by atoms with Crippen LogP contribution in [0.2, 0.25) is 0 Å². The van der Waals surface area contributed by atoms with Gasteiger partial charge >= 0.3 is 0 Å². The number of benzene rings is 1. The van der Waals surface area contributed by atoms with E-state index in [1.165, 1.54) is 6.07 Å². The molecule has 144 valence electrons. The third-order valence-corrected chi connectivity index (χ3v) is 5.09. The highest BCUT2D eigenvalue weighted by molar-refractivity contribution is 6.05. The standard InChI is InChI=1S/C23H25N3O2/c1-5-20-22(23(28)25-19-11-8-9-15(2)17(19)4)21(27)13-16(3)26(20)14-18-10-6-7-12-24-18/h6-13H,5,14H2,1-4H3,(H,25,28). The zero-order chi connectivity index (χ0) is 20.3. The first-order valence-corrected chi connectivity index (χ1v) is 9.43. The van der Waals surface area contributed by atoms with Gasteiger partial charge in [0, 0.05) is 29.3 Å². The highest BCUT2D eigenvalue weighted by Crippen LogP contribution is 2.20. The van der Waals surface area contributed by atoms with Crippen LogP contribution >= 0.6 is 0 Å². The van der Waals surface area contributed by atoms with Gasteiger partial charge in [0.25, 0.3) is 5.91 Å². The Morgan fingerprint density at radius 2 is 1.89 bits per heavy atom. The first-order chi connectivity index (χ1) is 13.4. The molecule has 5 nitrogen and oxygen atoms in total. The number of anilines is 1. The van der Waals surface area contributed by atoms with Gasteiger partial charge in [-0.25, -0.2) is 0 Å². The maximum absolute atomic E-state index is 13.1.